The van der Waals surface area contributed by atoms with Crippen LogP contribution in [0.1, 0.15) is 62.0 Å². The Morgan fingerprint density at radius 3 is 2.44 bits per heavy atom. The van der Waals surface area contributed by atoms with Gasteiger partial charge < -0.3 is 35.7 Å². The second-order valence-electron chi connectivity index (χ2n) is 13.5. The van der Waals surface area contributed by atoms with Crippen LogP contribution < -0.4 is 33.0 Å². The van der Waals surface area contributed by atoms with Crippen molar-refractivity contribution in [2.75, 3.05) is 13.2 Å². The normalized spacial score (nSPS) is 15.4. The summed E-state index contributed by atoms with van der Waals surface area (Å²) in [7, 11) is 0. The predicted octanol–water partition coefficient (Wildman–Crippen LogP) is 3.46. The van der Waals surface area contributed by atoms with Gasteiger partial charge in [-0.15, -0.1) is 0 Å². The molecule has 1 aromatic heterocycles. The molecule has 3 aromatic carbocycles. The van der Waals surface area contributed by atoms with Gasteiger partial charge in [0.2, 0.25) is 0 Å². The highest BCUT2D eigenvalue weighted by Crippen LogP contribution is 2.43. The highest BCUT2D eigenvalue weighted by atomic mass is 16.5. The van der Waals surface area contributed by atoms with Gasteiger partial charge >= 0.3 is 5.69 Å². The number of hydrogen-bond acceptors (Lipinski definition) is 10. The lowest BCUT2D eigenvalue weighted by atomic mass is 9.89. The average molecular weight is 746 g/mol. The van der Waals surface area contributed by atoms with Crippen LogP contribution in [0.25, 0.3) is 33.4 Å². The molecule has 0 bridgehead atoms. The molecule has 4 aromatic rings. The molecule has 14 heteroatoms. The maximum Gasteiger partial charge on any atom is 0.330 e. The van der Waals surface area contributed by atoms with E-state index in [4.69, 9.17) is 14.9 Å². The van der Waals surface area contributed by atoms with Crippen molar-refractivity contribution in [1.82, 2.24) is 20.2 Å². The number of ether oxygens (including phenoxy) is 1. The number of aromatic hydroxyl groups is 1. The van der Waals surface area contributed by atoms with Crippen molar-refractivity contribution in [2.24, 2.45) is 5.73 Å². The summed E-state index contributed by atoms with van der Waals surface area (Å²) in [5.41, 5.74) is 10.2. The SMILES string of the molecule is Cc1ccc(C(=O)NCc2ccc(C(=O)NCCc3cn([C@H]4CC[C@@H](CO)O4)c(=O)[nH]c3=O)cc2)cc1-c1c2ccc(=O)cc-2oc2c(CN)c(O)ccc12. The molecule has 2 amide bonds. The predicted molar refractivity (Wildman–Crippen MR) is 204 cm³/mol. The Balaban J connectivity index is 1.02. The van der Waals surface area contributed by atoms with Crippen molar-refractivity contribution in [1.29, 1.82) is 0 Å². The molecule has 14 nitrogen and oxygen atoms in total. The zero-order valence-electron chi connectivity index (χ0n) is 29.9. The van der Waals surface area contributed by atoms with Crippen LogP contribution in [0.5, 0.6) is 5.75 Å². The maximum atomic E-state index is 13.5. The van der Waals surface area contributed by atoms with Gasteiger partial charge in [-0.3, -0.25) is 28.7 Å². The van der Waals surface area contributed by atoms with Gasteiger partial charge in [0, 0.05) is 65.1 Å². The monoisotopic (exact) mass is 745 g/mol. The summed E-state index contributed by atoms with van der Waals surface area (Å²) in [4.78, 5) is 65.7. The summed E-state index contributed by atoms with van der Waals surface area (Å²) in [6, 6.07) is 19.9. The molecule has 7 rings (SSSR count). The maximum absolute atomic E-state index is 13.5. The minimum absolute atomic E-state index is 0.00810. The number of H-pyrrole nitrogens is 1. The van der Waals surface area contributed by atoms with E-state index in [0.717, 1.165) is 22.3 Å². The first-order chi connectivity index (χ1) is 26.5. The highest BCUT2D eigenvalue weighted by Gasteiger charge is 2.27. The van der Waals surface area contributed by atoms with Crippen LogP contribution in [0.15, 0.2) is 97.8 Å². The van der Waals surface area contributed by atoms with Crippen LogP contribution >= 0.6 is 0 Å². The second-order valence-corrected chi connectivity index (χ2v) is 13.5. The second kappa shape index (κ2) is 15.6. The van der Waals surface area contributed by atoms with Crippen molar-refractivity contribution in [3.05, 3.63) is 143 Å². The molecule has 0 spiro atoms. The Labute approximate surface area is 313 Å². The van der Waals surface area contributed by atoms with Crippen LogP contribution in [0, 0.1) is 6.92 Å². The minimum atomic E-state index is -0.600. The number of aliphatic hydroxyl groups is 1. The average Bonchev–Trinajstić information content (AvgIpc) is 3.66. The molecule has 0 unspecified atom stereocenters. The van der Waals surface area contributed by atoms with E-state index in [1.54, 1.807) is 54.6 Å². The number of hydrogen-bond donors (Lipinski definition) is 6. The lowest BCUT2D eigenvalue weighted by Gasteiger charge is -2.19. The number of nitrogens with zero attached hydrogens (tertiary/aromatic N) is 1. The zero-order chi connectivity index (χ0) is 38.8. The third-order valence-corrected chi connectivity index (χ3v) is 9.90. The molecular weight excluding hydrogens is 706 g/mol. The molecule has 2 atom stereocenters. The summed E-state index contributed by atoms with van der Waals surface area (Å²) in [5, 5.41) is 26.2. The molecule has 282 valence electrons. The number of aliphatic hydroxyl groups excluding tert-OH is 1. The summed E-state index contributed by atoms with van der Waals surface area (Å²) >= 11 is 0. The standard InChI is InChI=1S/C41H39N5O9/c1-22-2-5-25(16-31(22)36-29-10-8-27(48)17-34(29)55-37-30(36)11-12-33(49)32(37)18-42)39(51)44-19-23-3-6-24(7-4-23)38(50)43-15-14-26-20-46(41(53)45-40(26)52)35-13-9-28(21-47)54-35/h2-8,10-12,16-17,20,28,35,47,49H,9,13-15,18-19,21,42H2,1H3,(H,43,50)(H,44,51)(H,45,52,53)/t28-,35+/m0/s1. The van der Waals surface area contributed by atoms with Crippen molar-refractivity contribution in [2.45, 2.75) is 51.6 Å². The number of phenols is 1. The van der Waals surface area contributed by atoms with Crippen LogP contribution in [0.3, 0.4) is 0 Å². The molecule has 3 aliphatic rings. The van der Waals surface area contributed by atoms with Gasteiger partial charge in [-0.1, -0.05) is 18.2 Å². The largest absolute Gasteiger partial charge is 0.507 e. The van der Waals surface area contributed by atoms with E-state index in [0.29, 0.717) is 57.4 Å². The quantitative estimate of drug-likeness (QED) is 0.106. The fourth-order valence-corrected chi connectivity index (χ4v) is 6.92. The molecule has 0 saturated carbocycles. The number of amides is 2. The van der Waals surface area contributed by atoms with Crippen molar-refractivity contribution in [3.8, 4) is 28.2 Å². The topological polar surface area (TPSA) is 219 Å². The number of aryl methyl sites for hydroxylation is 1. The Kier molecular flexibility index (Phi) is 10.5. The third-order valence-electron chi connectivity index (χ3n) is 9.90. The lowest BCUT2D eigenvalue weighted by Crippen LogP contribution is -2.35. The number of benzene rings is 4. The van der Waals surface area contributed by atoms with Gasteiger partial charge in [-0.05, 0) is 91.4 Å². The first-order valence-corrected chi connectivity index (χ1v) is 17.8. The molecule has 1 aliphatic carbocycles. The van der Waals surface area contributed by atoms with Gasteiger partial charge in [0.05, 0.1) is 18.3 Å². The van der Waals surface area contributed by atoms with Gasteiger partial charge in [-0.25, -0.2) is 4.79 Å². The summed E-state index contributed by atoms with van der Waals surface area (Å²) in [5.74, 6) is -0.377. The number of fused-ring (bicyclic) bond motifs is 2. The molecule has 7 N–H and O–H groups in total. The van der Waals surface area contributed by atoms with Crippen LogP contribution in [0.2, 0.25) is 0 Å². The fraction of sp³-hybridized carbons (Fsp3) is 0.244. The number of aromatic amines is 1. The van der Waals surface area contributed by atoms with Crippen molar-refractivity contribution >= 4 is 22.8 Å². The summed E-state index contributed by atoms with van der Waals surface area (Å²) < 4.78 is 13.1. The Morgan fingerprint density at radius 2 is 1.69 bits per heavy atom. The lowest BCUT2D eigenvalue weighted by molar-refractivity contribution is -0.0247. The minimum Gasteiger partial charge on any atom is -0.507 e. The van der Waals surface area contributed by atoms with E-state index in [2.05, 4.69) is 15.6 Å². The third kappa shape index (κ3) is 7.55. The van der Waals surface area contributed by atoms with Gasteiger partial charge in [0.25, 0.3) is 17.4 Å². The molecular formula is C41H39N5O9. The first kappa shape index (κ1) is 37.0. The summed E-state index contributed by atoms with van der Waals surface area (Å²) in [6.45, 7) is 2.10. The Hall–Kier alpha value is -6.35. The number of nitrogens with two attached hydrogens (primary N) is 1. The smallest absolute Gasteiger partial charge is 0.330 e. The fourth-order valence-electron chi connectivity index (χ4n) is 6.92. The van der Waals surface area contributed by atoms with E-state index in [1.807, 2.05) is 13.0 Å². The van der Waals surface area contributed by atoms with Crippen LogP contribution in [-0.2, 0) is 24.2 Å². The van der Waals surface area contributed by atoms with E-state index in [-0.39, 0.29) is 61.8 Å². The van der Waals surface area contributed by atoms with Gasteiger partial charge in [0.15, 0.2) is 5.43 Å². The van der Waals surface area contributed by atoms with E-state index >= 15 is 0 Å². The van der Waals surface area contributed by atoms with E-state index in [9.17, 15) is 34.2 Å². The first-order valence-electron chi connectivity index (χ1n) is 17.8. The van der Waals surface area contributed by atoms with Crippen molar-refractivity contribution < 1.29 is 29.0 Å². The van der Waals surface area contributed by atoms with Crippen LogP contribution in [0.4, 0.5) is 0 Å². The molecule has 1 fully saturated rings. The number of aromatic nitrogens is 2. The highest BCUT2D eigenvalue weighted by molar-refractivity contribution is 6.05. The van der Waals surface area contributed by atoms with Crippen LogP contribution in [-0.4, -0.2) is 50.8 Å². The Bertz CT molecular complexity index is 2570. The number of carbonyl (C=O) groups excluding carboxylic acids is 2. The zero-order valence-corrected chi connectivity index (χ0v) is 29.9. The summed E-state index contributed by atoms with van der Waals surface area (Å²) in [6.07, 6.45) is 1.78. The molecule has 0 radical (unpaired) electrons. The number of carbonyl (C=O) groups is 2. The molecule has 55 heavy (non-hydrogen) atoms. The number of phenolic OH excluding ortho intramolecular Hbond substituents is 1. The molecule has 2 aliphatic heterocycles. The van der Waals surface area contributed by atoms with Gasteiger partial charge in [0.1, 0.15) is 23.3 Å². The Morgan fingerprint density at radius 1 is 0.927 bits per heavy atom. The van der Waals surface area contributed by atoms with Crippen molar-refractivity contribution in [3.63, 3.8) is 0 Å². The van der Waals surface area contributed by atoms with E-state index < -0.39 is 17.5 Å². The van der Waals surface area contributed by atoms with E-state index in [1.165, 1.54) is 22.9 Å². The molecule has 3 heterocycles. The number of nitrogens with one attached hydrogen (secondary N) is 3. The molecule has 1 saturated heterocycles. The number of rotatable bonds is 11. The van der Waals surface area contributed by atoms with Gasteiger partial charge in [-0.2, -0.15) is 0 Å².